The predicted molar refractivity (Wildman–Crippen MR) is 116 cm³/mol. The van der Waals surface area contributed by atoms with Crippen LogP contribution in [0.25, 0.3) is 0 Å². The second kappa shape index (κ2) is 7.64. The maximum Gasteiger partial charge on any atom is 0.259 e. The molecule has 0 spiro atoms. The van der Waals surface area contributed by atoms with Crippen LogP contribution >= 0.6 is 27.7 Å². The number of fused-ring (bicyclic) bond motifs is 3. The molecular weight excluding hydrogens is 438 g/mol. The third kappa shape index (κ3) is 3.44. The lowest BCUT2D eigenvalue weighted by atomic mass is 10.1. The van der Waals surface area contributed by atoms with Crippen LogP contribution in [0, 0.1) is 5.92 Å². The van der Waals surface area contributed by atoms with Crippen molar-refractivity contribution in [2.75, 3.05) is 5.75 Å². The first kappa shape index (κ1) is 19.1. The maximum absolute atomic E-state index is 13.0. The SMILES string of the molecule is CC(C)C1N=C2c3ccccc3N=C(SCC(=O)c3ccc(Br)cc3)N2C1=O. The summed E-state index contributed by atoms with van der Waals surface area (Å²) in [6.07, 6.45) is 0. The number of carbonyl (C=O) groups is 2. The average molecular weight is 456 g/mol. The Bertz CT molecular complexity index is 1010. The number of thioether (sulfide) groups is 1. The highest BCUT2D eigenvalue weighted by molar-refractivity contribution is 9.10. The van der Waals surface area contributed by atoms with E-state index in [1.54, 1.807) is 17.0 Å². The zero-order valence-corrected chi connectivity index (χ0v) is 17.8. The Hall–Kier alpha value is -2.25. The van der Waals surface area contributed by atoms with E-state index in [4.69, 9.17) is 0 Å². The van der Waals surface area contributed by atoms with Gasteiger partial charge in [0.2, 0.25) is 0 Å². The number of benzene rings is 2. The predicted octanol–water partition coefficient (Wildman–Crippen LogP) is 4.68. The number of nitrogens with zero attached hydrogens (tertiary/aromatic N) is 3. The van der Waals surface area contributed by atoms with Crippen LogP contribution in [-0.4, -0.2) is 39.4 Å². The Labute approximate surface area is 176 Å². The van der Waals surface area contributed by atoms with Crippen molar-refractivity contribution in [1.29, 1.82) is 0 Å². The van der Waals surface area contributed by atoms with Gasteiger partial charge in [-0.15, -0.1) is 0 Å². The highest BCUT2D eigenvalue weighted by atomic mass is 79.9. The summed E-state index contributed by atoms with van der Waals surface area (Å²) in [6.45, 7) is 3.97. The fourth-order valence-corrected chi connectivity index (χ4v) is 4.31. The van der Waals surface area contributed by atoms with E-state index in [2.05, 4.69) is 25.9 Å². The molecule has 0 N–H and O–H groups in total. The van der Waals surface area contributed by atoms with Crippen molar-refractivity contribution in [3.63, 3.8) is 0 Å². The largest absolute Gasteiger partial charge is 0.293 e. The second-order valence-electron chi connectivity index (χ2n) is 6.95. The number of aliphatic imine (C=N–C) groups is 2. The molecule has 2 heterocycles. The third-order valence-corrected chi connectivity index (χ3v) is 6.10. The summed E-state index contributed by atoms with van der Waals surface area (Å²) in [6, 6.07) is 14.5. The number of hydrogen-bond acceptors (Lipinski definition) is 5. The van der Waals surface area contributed by atoms with E-state index in [0.29, 0.717) is 16.6 Å². The minimum absolute atomic E-state index is 0.00963. The quantitative estimate of drug-likeness (QED) is 0.628. The molecule has 0 saturated heterocycles. The average Bonchev–Trinajstić information content (AvgIpc) is 3.04. The smallest absolute Gasteiger partial charge is 0.259 e. The highest BCUT2D eigenvalue weighted by Crippen LogP contribution is 2.34. The van der Waals surface area contributed by atoms with Crippen LogP contribution in [0.5, 0.6) is 0 Å². The Morgan fingerprint density at radius 2 is 1.89 bits per heavy atom. The van der Waals surface area contributed by atoms with E-state index in [9.17, 15) is 9.59 Å². The molecule has 4 rings (SSSR count). The van der Waals surface area contributed by atoms with Crippen LogP contribution in [0.1, 0.15) is 29.8 Å². The first-order chi connectivity index (χ1) is 13.5. The topological polar surface area (TPSA) is 62.1 Å². The summed E-state index contributed by atoms with van der Waals surface area (Å²) in [4.78, 5) is 36.5. The van der Waals surface area contributed by atoms with E-state index in [1.807, 2.05) is 50.2 Å². The molecule has 1 unspecified atom stereocenters. The van der Waals surface area contributed by atoms with E-state index in [-0.39, 0.29) is 23.4 Å². The lowest BCUT2D eigenvalue weighted by Crippen LogP contribution is -2.42. The van der Waals surface area contributed by atoms with Gasteiger partial charge in [-0.25, -0.2) is 9.89 Å². The van der Waals surface area contributed by atoms with Crippen molar-refractivity contribution in [2.24, 2.45) is 15.9 Å². The van der Waals surface area contributed by atoms with Gasteiger partial charge in [0.1, 0.15) is 11.9 Å². The zero-order chi connectivity index (χ0) is 19.8. The summed E-state index contributed by atoms with van der Waals surface area (Å²) < 4.78 is 0.924. The van der Waals surface area contributed by atoms with E-state index >= 15 is 0 Å². The molecule has 0 bridgehead atoms. The molecule has 142 valence electrons. The van der Waals surface area contributed by atoms with Crippen molar-refractivity contribution in [1.82, 2.24) is 4.90 Å². The number of ketones is 1. The van der Waals surface area contributed by atoms with Gasteiger partial charge < -0.3 is 0 Å². The van der Waals surface area contributed by atoms with Crippen LogP contribution in [0.3, 0.4) is 0 Å². The molecule has 28 heavy (non-hydrogen) atoms. The molecule has 7 heteroatoms. The van der Waals surface area contributed by atoms with Gasteiger partial charge in [0.25, 0.3) is 5.91 Å². The molecule has 2 aliphatic rings. The molecule has 2 aliphatic heterocycles. The molecule has 0 aliphatic carbocycles. The standard InChI is InChI=1S/C21H18BrN3O2S/c1-12(2)18-20(27)25-19(24-18)15-5-3-4-6-16(15)23-21(25)28-11-17(26)13-7-9-14(22)10-8-13/h3-10,12,18H,11H2,1-2H3. The minimum atomic E-state index is -0.422. The van der Waals surface area contributed by atoms with Gasteiger partial charge in [0.15, 0.2) is 11.0 Å². The summed E-state index contributed by atoms with van der Waals surface area (Å²) >= 11 is 4.65. The van der Waals surface area contributed by atoms with Gasteiger partial charge in [-0.2, -0.15) is 0 Å². The molecule has 1 amide bonds. The van der Waals surface area contributed by atoms with Gasteiger partial charge in [-0.3, -0.25) is 14.6 Å². The van der Waals surface area contributed by atoms with Crippen molar-refractivity contribution in [3.05, 3.63) is 64.1 Å². The lowest BCUT2D eigenvalue weighted by molar-refractivity contribution is -0.125. The maximum atomic E-state index is 13.0. The lowest BCUT2D eigenvalue weighted by Gasteiger charge is -2.25. The minimum Gasteiger partial charge on any atom is -0.293 e. The van der Waals surface area contributed by atoms with Crippen molar-refractivity contribution >= 4 is 56.1 Å². The molecular formula is C21H18BrN3O2S. The number of amides is 1. The first-order valence-corrected chi connectivity index (χ1v) is 10.7. The fraction of sp³-hybridized carbons (Fsp3) is 0.238. The summed E-state index contributed by atoms with van der Waals surface area (Å²) in [5.41, 5.74) is 2.25. The van der Waals surface area contributed by atoms with Crippen LogP contribution < -0.4 is 0 Å². The fourth-order valence-electron chi connectivity index (χ4n) is 3.15. The number of carbonyl (C=O) groups excluding carboxylic acids is 2. The number of hydrogen-bond donors (Lipinski definition) is 0. The summed E-state index contributed by atoms with van der Waals surface area (Å²) in [5.74, 6) is 0.833. The van der Waals surface area contributed by atoms with E-state index < -0.39 is 6.04 Å². The zero-order valence-electron chi connectivity index (χ0n) is 15.4. The summed E-state index contributed by atoms with van der Waals surface area (Å²) in [5, 5.41) is 0.510. The van der Waals surface area contributed by atoms with Crippen molar-refractivity contribution < 1.29 is 9.59 Å². The second-order valence-corrected chi connectivity index (χ2v) is 8.80. The molecule has 0 aromatic heterocycles. The van der Waals surface area contributed by atoms with Gasteiger partial charge >= 0.3 is 0 Å². The molecule has 0 saturated carbocycles. The number of para-hydroxylation sites is 1. The van der Waals surface area contributed by atoms with Crippen LogP contribution in [0.15, 0.2) is 63.0 Å². The molecule has 0 fully saturated rings. The molecule has 2 aromatic carbocycles. The van der Waals surface area contributed by atoms with Gasteiger partial charge in [0, 0.05) is 15.6 Å². The number of Topliss-reactive ketones (excluding diaryl/α,β-unsaturated/α-hetero) is 1. The van der Waals surface area contributed by atoms with Gasteiger partial charge in [0.05, 0.1) is 11.4 Å². The van der Waals surface area contributed by atoms with Crippen LogP contribution in [-0.2, 0) is 4.79 Å². The molecule has 1 atom stereocenters. The number of rotatable bonds is 4. The Morgan fingerprint density at radius 1 is 1.18 bits per heavy atom. The first-order valence-electron chi connectivity index (χ1n) is 8.97. The normalized spacial score (nSPS) is 17.9. The highest BCUT2D eigenvalue weighted by Gasteiger charge is 2.42. The van der Waals surface area contributed by atoms with Crippen molar-refractivity contribution in [2.45, 2.75) is 19.9 Å². The van der Waals surface area contributed by atoms with E-state index in [1.165, 1.54) is 11.8 Å². The Balaban J connectivity index is 1.62. The molecule has 0 radical (unpaired) electrons. The Morgan fingerprint density at radius 3 is 2.61 bits per heavy atom. The number of halogens is 1. The molecule has 5 nitrogen and oxygen atoms in total. The molecule has 2 aromatic rings. The number of amidine groups is 2. The van der Waals surface area contributed by atoms with Gasteiger partial charge in [-0.1, -0.05) is 65.8 Å². The van der Waals surface area contributed by atoms with Crippen molar-refractivity contribution in [3.8, 4) is 0 Å². The van der Waals surface area contributed by atoms with E-state index in [0.717, 1.165) is 15.7 Å². The van der Waals surface area contributed by atoms with Gasteiger partial charge in [-0.05, 0) is 30.2 Å². The summed E-state index contributed by atoms with van der Waals surface area (Å²) in [7, 11) is 0. The monoisotopic (exact) mass is 455 g/mol. The van der Waals surface area contributed by atoms with Crippen LogP contribution in [0.2, 0.25) is 0 Å². The Kier molecular flexibility index (Phi) is 5.21. The van der Waals surface area contributed by atoms with Crippen LogP contribution in [0.4, 0.5) is 5.69 Å². The third-order valence-electron chi connectivity index (χ3n) is 4.63.